The molecule has 0 saturated carbocycles. The van der Waals surface area contributed by atoms with Gasteiger partial charge < -0.3 is 25.2 Å². The molecular weight excluding hydrogens is 441 g/mol. The summed E-state index contributed by atoms with van der Waals surface area (Å²) in [5, 5.41) is 23.6. The first-order valence-corrected chi connectivity index (χ1v) is 11.2. The number of hydrogen-bond donors (Lipinski definition) is 3. The van der Waals surface area contributed by atoms with Crippen molar-refractivity contribution in [2.75, 3.05) is 19.0 Å². The average Bonchev–Trinajstić information content (AvgIpc) is 3.33. The second kappa shape index (κ2) is 11.1. The molecule has 10 heteroatoms. The van der Waals surface area contributed by atoms with Crippen LogP contribution in [0.3, 0.4) is 0 Å². The first-order valence-electron chi connectivity index (χ1n) is 11.2. The first-order chi connectivity index (χ1) is 16.6. The normalized spacial score (nSPS) is 20.0. The molecule has 1 saturated heterocycles. The van der Waals surface area contributed by atoms with E-state index in [1.54, 1.807) is 60.5 Å². The van der Waals surface area contributed by atoms with Gasteiger partial charge in [-0.15, -0.1) is 5.10 Å². The Morgan fingerprint density at radius 2 is 2.03 bits per heavy atom. The Bertz CT molecular complexity index is 1090. The molecule has 1 fully saturated rings. The van der Waals surface area contributed by atoms with Crippen molar-refractivity contribution < 1.29 is 23.8 Å². The van der Waals surface area contributed by atoms with Crippen LogP contribution in [0.25, 0.3) is 11.3 Å². The third-order valence-electron chi connectivity index (χ3n) is 5.83. The molecule has 0 unspecified atom stereocenters. The Hall–Kier alpha value is -3.50. The van der Waals surface area contributed by atoms with Crippen LogP contribution in [-0.2, 0) is 11.3 Å². The summed E-state index contributed by atoms with van der Waals surface area (Å²) < 4.78 is 26.8. The van der Waals surface area contributed by atoms with Gasteiger partial charge in [0, 0.05) is 17.8 Å². The van der Waals surface area contributed by atoms with Gasteiger partial charge in [-0.3, -0.25) is 4.68 Å². The fourth-order valence-electron chi connectivity index (χ4n) is 4.00. The fraction of sp³-hybridized carbons (Fsp3) is 0.375. The summed E-state index contributed by atoms with van der Waals surface area (Å²) in [6.07, 6.45) is 3.15. The minimum absolute atomic E-state index is 0.0963. The van der Waals surface area contributed by atoms with Crippen LogP contribution >= 0.6 is 0 Å². The SMILES string of the molecule is COc1ccc(NC(=O)N[C@H]2CC[C@@H](CCn3cc(-c4ccccc4F)nn3)O[C@H]2CO)cc1. The Balaban J connectivity index is 1.26. The largest absolute Gasteiger partial charge is 0.497 e. The van der Waals surface area contributed by atoms with Crippen LogP contribution in [0.2, 0.25) is 0 Å². The van der Waals surface area contributed by atoms with Gasteiger partial charge in [0.2, 0.25) is 0 Å². The van der Waals surface area contributed by atoms with Gasteiger partial charge in [0.05, 0.1) is 32.1 Å². The van der Waals surface area contributed by atoms with Crippen LogP contribution in [-0.4, -0.2) is 58.1 Å². The number of hydrogen-bond acceptors (Lipinski definition) is 6. The Kier molecular flexibility index (Phi) is 7.71. The van der Waals surface area contributed by atoms with E-state index < -0.39 is 6.10 Å². The number of amides is 2. The summed E-state index contributed by atoms with van der Waals surface area (Å²) in [7, 11) is 1.58. The number of urea groups is 1. The standard InChI is InChI=1S/C24H28FN5O4/c1-33-17-8-6-16(7-9-17)26-24(32)27-21-11-10-18(34-23(21)15-31)12-13-30-14-22(28-29-30)19-4-2-3-5-20(19)25/h2-9,14,18,21,23,31H,10-13,15H2,1H3,(H2,26,27,32)/t18-,21-,23-/m0/s1. The highest BCUT2D eigenvalue weighted by Gasteiger charge is 2.32. The third-order valence-corrected chi connectivity index (χ3v) is 5.83. The van der Waals surface area contributed by atoms with Gasteiger partial charge in [0.25, 0.3) is 0 Å². The monoisotopic (exact) mass is 469 g/mol. The average molecular weight is 470 g/mol. The zero-order valence-corrected chi connectivity index (χ0v) is 18.9. The number of nitrogens with zero attached hydrogens (tertiary/aromatic N) is 3. The number of carbonyl (C=O) groups excluding carboxylic acids is 1. The molecule has 3 aromatic rings. The van der Waals surface area contributed by atoms with E-state index in [-0.39, 0.29) is 30.6 Å². The molecule has 0 spiro atoms. The van der Waals surface area contributed by atoms with Crippen LogP contribution in [0.5, 0.6) is 5.75 Å². The van der Waals surface area contributed by atoms with Crippen molar-refractivity contribution in [2.24, 2.45) is 0 Å². The number of anilines is 1. The number of nitrogens with one attached hydrogen (secondary N) is 2. The van der Waals surface area contributed by atoms with E-state index in [0.717, 1.165) is 6.42 Å². The molecule has 0 aliphatic carbocycles. The second-order valence-corrected chi connectivity index (χ2v) is 8.13. The van der Waals surface area contributed by atoms with E-state index in [4.69, 9.17) is 9.47 Å². The summed E-state index contributed by atoms with van der Waals surface area (Å²) in [5.74, 6) is 0.359. The quantitative estimate of drug-likeness (QED) is 0.467. The molecule has 4 rings (SSSR count). The van der Waals surface area contributed by atoms with Crippen LogP contribution in [0, 0.1) is 5.82 Å². The van der Waals surface area contributed by atoms with Crippen LogP contribution in [0.1, 0.15) is 19.3 Å². The Labute approximate surface area is 196 Å². The van der Waals surface area contributed by atoms with Gasteiger partial charge in [-0.25, -0.2) is 9.18 Å². The number of ether oxygens (including phenoxy) is 2. The zero-order valence-electron chi connectivity index (χ0n) is 18.9. The Morgan fingerprint density at radius 1 is 1.24 bits per heavy atom. The predicted octanol–water partition coefficient (Wildman–Crippen LogP) is 3.21. The lowest BCUT2D eigenvalue weighted by molar-refractivity contribution is -0.0905. The third kappa shape index (κ3) is 5.89. The van der Waals surface area contributed by atoms with E-state index in [1.807, 2.05) is 0 Å². The van der Waals surface area contributed by atoms with E-state index in [1.165, 1.54) is 6.07 Å². The molecular formula is C24H28FN5O4. The van der Waals surface area contributed by atoms with E-state index in [9.17, 15) is 14.3 Å². The molecule has 0 radical (unpaired) electrons. The summed E-state index contributed by atoms with van der Waals surface area (Å²) in [4.78, 5) is 12.4. The number of methoxy groups -OCH3 is 1. The Morgan fingerprint density at radius 3 is 2.76 bits per heavy atom. The predicted molar refractivity (Wildman–Crippen MR) is 124 cm³/mol. The van der Waals surface area contributed by atoms with Gasteiger partial charge in [0.1, 0.15) is 23.4 Å². The van der Waals surface area contributed by atoms with E-state index in [2.05, 4.69) is 20.9 Å². The number of benzene rings is 2. The van der Waals surface area contributed by atoms with Gasteiger partial charge in [-0.1, -0.05) is 17.3 Å². The number of aryl methyl sites for hydroxylation is 1. The second-order valence-electron chi connectivity index (χ2n) is 8.13. The van der Waals surface area contributed by atoms with Gasteiger partial charge in [-0.05, 0) is 55.7 Å². The number of rotatable bonds is 8. The lowest BCUT2D eigenvalue weighted by Crippen LogP contribution is -2.52. The number of aliphatic hydroxyl groups excluding tert-OH is 1. The van der Waals surface area contributed by atoms with Crippen molar-refractivity contribution in [3.8, 4) is 17.0 Å². The van der Waals surface area contributed by atoms with Crippen molar-refractivity contribution in [1.82, 2.24) is 20.3 Å². The molecule has 1 aliphatic rings. The molecule has 2 heterocycles. The molecule has 9 nitrogen and oxygen atoms in total. The summed E-state index contributed by atoms with van der Waals surface area (Å²) in [6.45, 7) is 0.338. The van der Waals surface area contributed by atoms with Crippen molar-refractivity contribution in [3.63, 3.8) is 0 Å². The molecule has 180 valence electrons. The van der Waals surface area contributed by atoms with Crippen molar-refractivity contribution >= 4 is 11.7 Å². The highest BCUT2D eigenvalue weighted by atomic mass is 19.1. The van der Waals surface area contributed by atoms with Crippen molar-refractivity contribution in [1.29, 1.82) is 0 Å². The molecule has 0 bridgehead atoms. The highest BCUT2D eigenvalue weighted by Crippen LogP contribution is 2.24. The summed E-state index contributed by atoms with van der Waals surface area (Å²) in [5.41, 5.74) is 1.52. The van der Waals surface area contributed by atoms with E-state index >= 15 is 0 Å². The maximum atomic E-state index is 14.0. The highest BCUT2D eigenvalue weighted by molar-refractivity contribution is 5.89. The summed E-state index contributed by atoms with van der Waals surface area (Å²) in [6, 6.07) is 12.8. The van der Waals surface area contributed by atoms with Gasteiger partial charge >= 0.3 is 6.03 Å². The minimum atomic E-state index is -0.509. The smallest absolute Gasteiger partial charge is 0.319 e. The molecule has 1 aromatic heterocycles. The first kappa shape index (κ1) is 23.7. The van der Waals surface area contributed by atoms with Crippen LogP contribution in [0.4, 0.5) is 14.9 Å². The molecule has 3 N–H and O–H groups in total. The fourth-order valence-corrected chi connectivity index (χ4v) is 4.00. The minimum Gasteiger partial charge on any atom is -0.497 e. The molecule has 3 atom stereocenters. The van der Waals surface area contributed by atoms with E-state index in [0.29, 0.717) is 42.1 Å². The zero-order chi connectivity index (χ0) is 23.9. The maximum Gasteiger partial charge on any atom is 0.319 e. The van der Waals surface area contributed by atoms with Crippen molar-refractivity contribution in [3.05, 3.63) is 60.5 Å². The topological polar surface area (TPSA) is 111 Å². The molecule has 1 aliphatic heterocycles. The molecule has 34 heavy (non-hydrogen) atoms. The number of carbonyl (C=O) groups is 1. The number of halogens is 1. The lowest BCUT2D eigenvalue weighted by atomic mass is 9.97. The van der Waals surface area contributed by atoms with Gasteiger partial charge in [0.15, 0.2) is 0 Å². The lowest BCUT2D eigenvalue weighted by Gasteiger charge is -2.36. The number of aromatic nitrogens is 3. The van der Waals surface area contributed by atoms with Crippen LogP contribution < -0.4 is 15.4 Å². The van der Waals surface area contributed by atoms with Gasteiger partial charge in [-0.2, -0.15) is 0 Å². The molecule has 2 amide bonds. The van der Waals surface area contributed by atoms with Crippen molar-refractivity contribution in [2.45, 2.75) is 44.1 Å². The molecule has 2 aromatic carbocycles. The number of aliphatic hydroxyl groups is 1. The summed E-state index contributed by atoms with van der Waals surface area (Å²) >= 11 is 0. The van der Waals surface area contributed by atoms with Crippen LogP contribution in [0.15, 0.2) is 54.7 Å². The maximum absolute atomic E-state index is 14.0.